The Morgan fingerprint density at radius 2 is 0.641 bits per heavy atom. The van der Waals surface area contributed by atoms with E-state index in [-0.39, 0.29) is 0 Å². The Morgan fingerprint density at radius 3 is 0.949 bits per heavy atom. The van der Waals surface area contributed by atoms with Crippen molar-refractivity contribution in [2.24, 2.45) is 0 Å². The third-order valence-corrected chi connectivity index (χ3v) is 5.15. The van der Waals surface area contributed by atoms with Crippen LogP contribution in [0.2, 0.25) is 0 Å². The summed E-state index contributed by atoms with van der Waals surface area (Å²) in [5.74, 6) is -76.6. The number of hydrogen-bond acceptors (Lipinski definition) is 0. The number of rotatable bonds is 11. The van der Waals surface area contributed by atoms with Crippen molar-refractivity contribution in [3.8, 4) is 0 Å². The molecule has 0 unspecified atom stereocenters. The molecule has 0 aliphatic rings. The maximum atomic E-state index is 13.8. The van der Waals surface area contributed by atoms with E-state index < -0.39 is 77.9 Å². The van der Waals surface area contributed by atoms with Gasteiger partial charge in [0.1, 0.15) is 0 Å². The van der Waals surface area contributed by atoms with Crippen LogP contribution in [0, 0.1) is 0 Å². The fourth-order valence-corrected chi connectivity index (χ4v) is 2.69. The monoisotopic (exact) mass is 624 g/mol. The Hall–Kier alpha value is -2.25. The Morgan fingerprint density at radius 1 is 0.359 bits per heavy atom. The van der Waals surface area contributed by atoms with E-state index in [1.807, 2.05) is 0 Å². The van der Waals surface area contributed by atoms with Crippen LogP contribution < -0.4 is 0 Å². The van der Waals surface area contributed by atoms with E-state index in [1.165, 1.54) is 6.07 Å². The molecule has 1 aromatic carbocycles. The van der Waals surface area contributed by atoms with Gasteiger partial charge in [0.15, 0.2) is 0 Å². The summed E-state index contributed by atoms with van der Waals surface area (Å²) in [5, 5.41) is 0. The largest absolute Gasteiger partial charge is 0.460 e. The molecule has 39 heavy (non-hydrogen) atoms. The summed E-state index contributed by atoms with van der Waals surface area (Å²) in [7, 11) is 0. The van der Waals surface area contributed by atoms with E-state index in [9.17, 15) is 92.2 Å². The summed E-state index contributed by atoms with van der Waals surface area (Å²) < 4.78 is 279. The Labute approximate surface area is 201 Å². The van der Waals surface area contributed by atoms with Crippen molar-refractivity contribution < 1.29 is 92.2 Å². The lowest BCUT2D eigenvalue weighted by Crippen LogP contribution is -2.76. The van der Waals surface area contributed by atoms with Gasteiger partial charge in [-0.1, -0.05) is 30.3 Å². The van der Waals surface area contributed by atoms with Gasteiger partial charge in [-0.05, 0) is 12.0 Å². The maximum Gasteiger partial charge on any atom is 0.460 e. The Kier molecular flexibility index (Phi) is 8.39. The van der Waals surface area contributed by atoms with Gasteiger partial charge in [-0.25, -0.2) is 0 Å². The average Bonchev–Trinajstić information content (AvgIpc) is 2.76. The molecule has 1 aromatic rings. The van der Waals surface area contributed by atoms with E-state index in [2.05, 4.69) is 0 Å². The summed E-state index contributed by atoms with van der Waals surface area (Å²) in [6.07, 6.45) is -12.1. The van der Waals surface area contributed by atoms with Gasteiger partial charge in [0.25, 0.3) is 0 Å². The van der Waals surface area contributed by atoms with Gasteiger partial charge in [-0.15, -0.1) is 0 Å². The minimum absolute atomic E-state index is 0.410. The molecule has 0 aliphatic carbocycles. The van der Waals surface area contributed by atoms with Crippen molar-refractivity contribution in [2.75, 3.05) is 0 Å². The third kappa shape index (κ3) is 4.73. The molecule has 0 saturated heterocycles. The molecular formula is C18H9F21. The third-order valence-electron chi connectivity index (χ3n) is 5.15. The molecule has 0 bridgehead atoms. The van der Waals surface area contributed by atoms with E-state index in [0.29, 0.717) is 0 Å². The Bertz CT molecular complexity index is 988. The molecule has 0 atom stereocenters. The van der Waals surface area contributed by atoms with Crippen LogP contribution in [-0.2, 0) is 6.42 Å². The van der Waals surface area contributed by atoms with Gasteiger partial charge in [0.2, 0.25) is 0 Å². The van der Waals surface area contributed by atoms with Crippen LogP contribution in [0.15, 0.2) is 30.3 Å². The molecule has 0 amide bonds. The number of halogens is 21. The summed E-state index contributed by atoms with van der Waals surface area (Å²) in [6, 6.07) is 4.98. The predicted octanol–water partition coefficient (Wildman–Crippen LogP) is 8.90. The minimum atomic E-state index is -9.15. The van der Waals surface area contributed by atoms with Crippen LogP contribution in [0.25, 0.3) is 0 Å². The van der Waals surface area contributed by atoms with Gasteiger partial charge >= 0.3 is 59.5 Å². The molecule has 0 N–H and O–H groups in total. The second kappa shape index (κ2) is 9.41. The van der Waals surface area contributed by atoms with Gasteiger partial charge in [0.05, 0.1) is 0 Å². The lowest BCUT2D eigenvalue weighted by molar-refractivity contribution is -0.474. The van der Waals surface area contributed by atoms with Crippen LogP contribution in [0.5, 0.6) is 0 Å². The molecule has 0 nitrogen and oxygen atoms in total. The van der Waals surface area contributed by atoms with E-state index in [0.717, 1.165) is 24.3 Å². The lowest BCUT2D eigenvalue weighted by Gasteiger charge is -2.44. The highest BCUT2D eigenvalue weighted by atomic mass is 19.4. The molecule has 228 valence electrons. The molecule has 0 radical (unpaired) electrons. The first-order chi connectivity index (χ1) is 16.8. The highest BCUT2D eigenvalue weighted by Gasteiger charge is 2.97. The first-order valence-electron chi connectivity index (χ1n) is 9.34. The minimum Gasteiger partial charge on any atom is -0.200 e. The number of aryl methyl sites for hydroxylation is 1. The highest BCUT2D eigenvalue weighted by molar-refractivity contribution is 5.19. The van der Waals surface area contributed by atoms with Gasteiger partial charge in [-0.2, -0.15) is 92.2 Å². The number of alkyl halides is 21. The molecule has 1 rings (SSSR count). The molecule has 21 heteroatoms. The topological polar surface area (TPSA) is 0 Å². The normalized spacial score (nSPS) is 16.0. The van der Waals surface area contributed by atoms with Crippen LogP contribution in [-0.4, -0.2) is 59.5 Å². The smallest absolute Gasteiger partial charge is 0.200 e. The fourth-order valence-electron chi connectivity index (χ4n) is 2.69. The van der Waals surface area contributed by atoms with Crippen molar-refractivity contribution in [3.05, 3.63) is 35.9 Å². The summed E-state index contributed by atoms with van der Waals surface area (Å²) in [5.41, 5.74) is -0.410. The first-order valence-corrected chi connectivity index (χ1v) is 9.34. The molecule has 0 aliphatic heterocycles. The van der Waals surface area contributed by atoms with Gasteiger partial charge < -0.3 is 0 Å². The molecule has 0 aromatic heterocycles. The number of hydrogen-bond donors (Lipinski definition) is 0. The zero-order chi connectivity index (χ0) is 31.5. The van der Waals surface area contributed by atoms with Crippen molar-refractivity contribution in [2.45, 2.75) is 72.3 Å². The van der Waals surface area contributed by atoms with Crippen LogP contribution >= 0.6 is 0 Å². The van der Waals surface area contributed by atoms with E-state index in [1.54, 1.807) is 0 Å². The lowest BCUT2D eigenvalue weighted by atomic mass is 9.85. The highest BCUT2D eigenvalue weighted by Crippen LogP contribution is 2.66. The molecule has 0 spiro atoms. The van der Waals surface area contributed by atoms with Crippen LogP contribution in [0.1, 0.15) is 12.0 Å². The van der Waals surface area contributed by atoms with Crippen LogP contribution in [0.4, 0.5) is 92.2 Å². The van der Waals surface area contributed by atoms with Crippen molar-refractivity contribution in [1.29, 1.82) is 0 Å². The molecule has 0 heterocycles. The summed E-state index contributed by atoms with van der Waals surface area (Å²) in [6.45, 7) is 0. The predicted molar refractivity (Wildman–Crippen MR) is 85.3 cm³/mol. The van der Waals surface area contributed by atoms with Crippen molar-refractivity contribution in [3.63, 3.8) is 0 Å². The fraction of sp³-hybridized carbons (Fsp3) is 0.667. The second-order valence-electron chi connectivity index (χ2n) is 7.78. The van der Waals surface area contributed by atoms with Crippen molar-refractivity contribution >= 4 is 0 Å². The number of benzene rings is 1. The first kappa shape index (κ1) is 34.8. The van der Waals surface area contributed by atoms with Crippen LogP contribution in [0.3, 0.4) is 0 Å². The average molecular weight is 624 g/mol. The Balaban J connectivity index is 3.63. The summed E-state index contributed by atoms with van der Waals surface area (Å²) in [4.78, 5) is 0. The van der Waals surface area contributed by atoms with Gasteiger partial charge in [0, 0.05) is 6.42 Å². The molecule has 0 saturated carbocycles. The molecular weight excluding hydrogens is 615 g/mol. The zero-order valence-electron chi connectivity index (χ0n) is 17.7. The zero-order valence-corrected chi connectivity index (χ0v) is 17.7. The second-order valence-corrected chi connectivity index (χ2v) is 7.78. The maximum absolute atomic E-state index is 13.8. The van der Waals surface area contributed by atoms with E-state index >= 15 is 0 Å². The quantitative estimate of drug-likeness (QED) is 0.216. The molecule has 0 fully saturated rings. The van der Waals surface area contributed by atoms with Gasteiger partial charge in [-0.3, -0.25) is 0 Å². The summed E-state index contributed by atoms with van der Waals surface area (Å²) >= 11 is 0. The SMILES string of the molecule is FC(F)(F)C(F)(F)C(F)(F)C(F)(F)C(F)(F)C(F)(F)C(F)(F)C(F)(F)C(F)(F)C(F)(F)CCc1ccccc1. The van der Waals surface area contributed by atoms with Crippen molar-refractivity contribution in [1.82, 2.24) is 0 Å². The standard InChI is InChI=1S/C18H9F21/c19-9(20,7-6-8-4-2-1-3-5-8)10(21,22)11(23,24)12(25,26)13(27,28)14(29,30)15(31,32)16(33,34)17(35,36)18(37,38)39/h1-5H,6-7H2. The van der Waals surface area contributed by atoms with E-state index in [4.69, 9.17) is 0 Å².